The Kier molecular flexibility index (Phi) is 6.19. The Hall–Kier alpha value is -2.80. The molecule has 5 nitrogen and oxygen atoms in total. The van der Waals surface area contributed by atoms with Crippen LogP contribution in [0.15, 0.2) is 36.4 Å². The van der Waals surface area contributed by atoms with E-state index in [1.165, 1.54) is 31.2 Å². The highest BCUT2D eigenvalue weighted by Gasteiger charge is 2.17. The van der Waals surface area contributed by atoms with Gasteiger partial charge in [-0.1, -0.05) is 6.07 Å². The molecule has 7 heteroatoms. The van der Waals surface area contributed by atoms with Crippen LogP contribution in [-0.2, 0) is 4.79 Å². The Labute approximate surface area is 143 Å². The average molecular weight is 349 g/mol. The predicted octanol–water partition coefficient (Wildman–Crippen LogP) is 2.67. The Morgan fingerprint density at radius 1 is 1.16 bits per heavy atom. The molecule has 0 bridgehead atoms. The minimum absolute atomic E-state index is 0.0280. The maximum Gasteiger partial charge on any atom is 0.308 e. The van der Waals surface area contributed by atoms with Gasteiger partial charge in [0.1, 0.15) is 17.4 Å². The molecule has 25 heavy (non-hydrogen) atoms. The number of halogens is 2. The molecule has 2 aromatic rings. The third-order valence-corrected chi connectivity index (χ3v) is 3.34. The number of benzene rings is 2. The van der Waals surface area contributed by atoms with Crippen LogP contribution >= 0.6 is 0 Å². The molecule has 0 aliphatic carbocycles. The molecule has 2 aromatic carbocycles. The zero-order valence-electron chi connectivity index (χ0n) is 13.5. The number of ether oxygens (including phenoxy) is 1. The zero-order chi connectivity index (χ0) is 18.4. The van der Waals surface area contributed by atoms with Gasteiger partial charge in [-0.3, -0.25) is 9.59 Å². The summed E-state index contributed by atoms with van der Waals surface area (Å²) in [4.78, 5) is 23.5. The van der Waals surface area contributed by atoms with Crippen LogP contribution < -0.4 is 10.1 Å². The van der Waals surface area contributed by atoms with E-state index in [0.29, 0.717) is 12.0 Å². The van der Waals surface area contributed by atoms with Crippen LogP contribution in [0.25, 0.3) is 11.1 Å². The highest BCUT2D eigenvalue weighted by Crippen LogP contribution is 2.29. The summed E-state index contributed by atoms with van der Waals surface area (Å²) in [5.74, 6) is -2.59. The SMILES string of the molecule is CC(=O)Oc1ccc(-c2ccc(F)cc2F)cc1C(=O)NCCCO. The molecule has 0 aliphatic rings. The topological polar surface area (TPSA) is 75.6 Å². The van der Waals surface area contributed by atoms with Crippen molar-refractivity contribution in [3.63, 3.8) is 0 Å². The van der Waals surface area contributed by atoms with E-state index in [1.54, 1.807) is 0 Å². The van der Waals surface area contributed by atoms with E-state index in [-0.39, 0.29) is 30.0 Å². The van der Waals surface area contributed by atoms with Crippen LogP contribution in [-0.4, -0.2) is 30.1 Å². The second-order valence-corrected chi connectivity index (χ2v) is 5.26. The number of carbonyl (C=O) groups excluding carboxylic acids is 2. The zero-order valence-corrected chi connectivity index (χ0v) is 13.5. The van der Waals surface area contributed by atoms with Gasteiger partial charge in [-0.15, -0.1) is 0 Å². The van der Waals surface area contributed by atoms with Gasteiger partial charge in [0.2, 0.25) is 0 Å². The van der Waals surface area contributed by atoms with E-state index >= 15 is 0 Å². The largest absolute Gasteiger partial charge is 0.426 e. The summed E-state index contributed by atoms with van der Waals surface area (Å²) < 4.78 is 32.1. The van der Waals surface area contributed by atoms with Gasteiger partial charge in [0.15, 0.2) is 0 Å². The Balaban J connectivity index is 2.42. The molecule has 0 aromatic heterocycles. The van der Waals surface area contributed by atoms with Crippen LogP contribution in [0, 0.1) is 11.6 Å². The van der Waals surface area contributed by atoms with Crippen LogP contribution in [0.1, 0.15) is 23.7 Å². The number of carbonyl (C=O) groups is 2. The van der Waals surface area contributed by atoms with E-state index in [0.717, 1.165) is 12.1 Å². The maximum atomic E-state index is 14.0. The minimum atomic E-state index is -0.771. The molecule has 0 fully saturated rings. The maximum absolute atomic E-state index is 14.0. The third-order valence-electron chi connectivity index (χ3n) is 3.34. The lowest BCUT2D eigenvalue weighted by Crippen LogP contribution is -2.26. The van der Waals surface area contributed by atoms with Gasteiger partial charge in [0, 0.05) is 31.7 Å². The van der Waals surface area contributed by atoms with Crippen LogP contribution in [0.3, 0.4) is 0 Å². The summed E-state index contributed by atoms with van der Waals surface area (Å²) in [5, 5.41) is 11.3. The number of hydrogen-bond acceptors (Lipinski definition) is 4. The number of hydrogen-bond donors (Lipinski definition) is 2. The van der Waals surface area contributed by atoms with Crippen molar-refractivity contribution in [3.05, 3.63) is 53.6 Å². The van der Waals surface area contributed by atoms with Crippen LogP contribution in [0.4, 0.5) is 8.78 Å². The Morgan fingerprint density at radius 3 is 2.56 bits per heavy atom. The van der Waals surface area contributed by atoms with Crippen LogP contribution in [0.2, 0.25) is 0 Å². The summed E-state index contributed by atoms with van der Waals surface area (Å²) in [6, 6.07) is 7.33. The standard InChI is InChI=1S/C18H17F2NO4/c1-11(23)25-17-6-3-12(14-5-4-13(19)10-16(14)20)9-15(17)18(24)21-7-2-8-22/h3-6,9-10,22H,2,7-8H2,1H3,(H,21,24). The fourth-order valence-corrected chi connectivity index (χ4v) is 2.22. The number of nitrogens with one attached hydrogen (secondary N) is 1. The first kappa shape index (κ1) is 18.5. The monoisotopic (exact) mass is 349 g/mol. The molecule has 0 spiro atoms. The molecule has 2 N–H and O–H groups in total. The second-order valence-electron chi connectivity index (χ2n) is 5.26. The molecule has 0 unspecified atom stereocenters. The third kappa shape index (κ3) is 4.84. The molecule has 0 radical (unpaired) electrons. The van der Waals surface area contributed by atoms with Crippen molar-refractivity contribution in [3.8, 4) is 16.9 Å². The molecule has 2 rings (SSSR count). The van der Waals surface area contributed by atoms with Gasteiger partial charge >= 0.3 is 5.97 Å². The molecule has 132 valence electrons. The van der Waals surface area contributed by atoms with E-state index in [2.05, 4.69) is 5.32 Å². The summed E-state index contributed by atoms with van der Waals surface area (Å²) in [7, 11) is 0. The lowest BCUT2D eigenvalue weighted by Gasteiger charge is -2.12. The highest BCUT2D eigenvalue weighted by molar-refractivity contribution is 5.99. The van der Waals surface area contributed by atoms with Crippen molar-refractivity contribution >= 4 is 11.9 Å². The fourth-order valence-electron chi connectivity index (χ4n) is 2.22. The van der Waals surface area contributed by atoms with Gasteiger partial charge in [0.25, 0.3) is 5.91 Å². The first-order valence-electron chi connectivity index (χ1n) is 7.59. The molecular formula is C18H17F2NO4. The van der Waals surface area contributed by atoms with Gasteiger partial charge in [-0.25, -0.2) is 8.78 Å². The summed E-state index contributed by atoms with van der Waals surface area (Å²) in [5.41, 5.74) is 0.482. The Bertz CT molecular complexity index is 793. The normalized spacial score (nSPS) is 10.4. The number of aliphatic hydroxyl groups is 1. The number of amides is 1. The molecule has 0 saturated heterocycles. The van der Waals surface area contributed by atoms with Crippen molar-refractivity contribution in [1.82, 2.24) is 5.32 Å². The lowest BCUT2D eigenvalue weighted by molar-refractivity contribution is -0.131. The quantitative estimate of drug-likeness (QED) is 0.478. The van der Waals surface area contributed by atoms with Crippen molar-refractivity contribution < 1.29 is 28.2 Å². The molecule has 0 atom stereocenters. The smallest absolute Gasteiger partial charge is 0.308 e. The minimum Gasteiger partial charge on any atom is -0.426 e. The fraction of sp³-hybridized carbons (Fsp3) is 0.222. The van der Waals surface area contributed by atoms with Crippen molar-refractivity contribution in [2.45, 2.75) is 13.3 Å². The summed E-state index contributed by atoms with van der Waals surface area (Å²) in [6.45, 7) is 1.34. The van der Waals surface area contributed by atoms with Crippen molar-refractivity contribution in [2.24, 2.45) is 0 Å². The summed E-state index contributed by atoms with van der Waals surface area (Å²) >= 11 is 0. The van der Waals surface area contributed by atoms with Gasteiger partial charge in [-0.2, -0.15) is 0 Å². The molecule has 0 heterocycles. The van der Waals surface area contributed by atoms with Gasteiger partial charge in [-0.05, 0) is 36.2 Å². The summed E-state index contributed by atoms with van der Waals surface area (Å²) in [6.07, 6.45) is 0.362. The van der Waals surface area contributed by atoms with Crippen molar-refractivity contribution in [1.29, 1.82) is 0 Å². The van der Waals surface area contributed by atoms with E-state index in [1.807, 2.05) is 0 Å². The van der Waals surface area contributed by atoms with E-state index < -0.39 is 23.5 Å². The van der Waals surface area contributed by atoms with Gasteiger partial charge < -0.3 is 15.2 Å². The highest BCUT2D eigenvalue weighted by atomic mass is 19.1. The predicted molar refractivity (Wildman–Crippen MR) is 87.1 cm³/mol. The van der Waals surface area contributed by atoms with Crippen molar-refractivity contribution in [2.75, 3.05) is 13.2 Å². The lowest BCUT2D eigenvalue weighted by atomic mass is 10.0. The molecular weight excluding hydrogens is 332 g/mol. The number of esters is 1. The first-order valence-corrected chi connectivity index (χ1v) is 7.59. The average Bonchev–Trinajstić information content (AvgIpc) is 2.55. The molecule has 0 aliphatic heterocycles. The molecule has 0 saturated carbocycles. The van der Waals surface area contributed by atoms with E-state index in [4.69, 9.17) is 9.84 Å². The van der Waals surface area contributed by atoms with Crippen LogP contribution in [0.5, 0.6) is 5.75 Å². The first-order chi connectivity index (χ1) is 11.9. The van der Waals surface area contributed by atoms with Gasteiger partial charge in [0.05, 0.1) is 5.56 Å². The number of aliphatic hydroxyl groups excluding tert-OH is 1. The second kappa shape index (κ2) is 8.34. The number of rotatable bonds is 6. The van der Waals surface area contributed by atoms with E-state index in [9.17, 15) is 18.4 Å². The molecule has 1 amide bonds. The Morgan fingerprint density at radius 2 is 1.92 bits per heavy atom.